The molecule has 3 N–H and O–H groups in total. The monoisotopic (exact) mass is 439 g/mol. The number of aliphatic hydroxyl groups is 2. The van der Waals surface area contributed by atoms with Gasteiger partial charge < -0.3 is 34.6 Å². The Kier molecular flexibility index (Phi) is 10.1. The summed E-state index contributed by atoms with van der Waals surface area (Å²) in [4.78, 5) is 32.2. The van der Waals surface area contributed by atoms with Crippen molar-refractivity contribution in [1.82, 2.24) is 14.8 Å². The summed E-state index contributed by atoms with van der Waals surface area (Å²) in [6.45, 7) is 2.95. The second kappa shape index (κ2) is 12.6. The summed E-state index contributed by atoms with van der Waals surface area (Å²) in [5.74, 6) is -0.758. The molecule has 0 bridgehead atoms. The molecule has 1 fully saturated rings. The van der Waals surface area contributed by atoms with E-state index in [0.717, 1.165) is 0 Å². The third-order valence-electron chi connectivity index (χ3n) is 5.31. The molecular formula is C21H33N3O7. The van der Waals surface area contributed by atoms with Crippen LogP contribution in [-0.2, 0) is 14.3 Å². The summed E-state index contributed by atoms with van der Waals surface area (Å²) in [5, 5.41) is 30.6. The van der Waals surface area contributed by atoms with Crippen molar-refractivity contribution in [2.75, 3.05) is 46.5 Å². The van der Waals surface area contributed by atoms with Crippen LogP contribution in [0.5, 0.6) is 5.75 Å². The summed E-state index contributed by atoms with van der Waals surface area (Å²) >= 11 is 0. The number of pyridine rings is 1. The lowest BCUT2D eigenvalue weighted by Crippen LogP contribution is -2.48. The largest absolute Gasteiger partial charge is 0.505 e. The first-order valence-electron chi connectivity index (χ1n) is 10.5. The van der Waals surface area contributed by atoms with Crippen LogP contribution in [0.4, 0.5) is 0 Å². The van der Waals surface area contributed by atoms with E-state index >= 15 is 0 Å². The van der Waals surface area contributed by atoms with Gasteiger partial charge in [-0.3, -0.25) is 9.59 Å². The fourth-order valence-corrected chi connectivity index (χ4v) is 3.45. The topological polar surface area (TPSA) is 133 Å². The predicted octanol–water partition coefficient (Wildman–Crippen LogP) is 0.0152. The summed E-state index contributed by atoms with van der Waals surface area (Å²) in [5.41, 5.74) is -0.00854. The minimum absolute atomic E-state index is 0.00854. The Labute approximate surface area is 182 Å². The number of rotatable bonds is 2. The van der Waals surface area contributed by atoms with Crippen molar-refractivity contribution in [2.45, 2.75) is 44.5 Å². The molecule has 1 aromatic rings. The van der Waals surface area contributed by atoms with Gasteiger partial charge in [-0.2, -0.15) is 0 Å². The maximum atomic E-state index is 12.9. The standard InChI is InChI=1S/C21H33N3O7/c1-15(25)24-11-6-10-23(21(29)19-16(26)7-5-8-22-19)9-3-4-12-31-14-17(27)20(28)18(13-24)30-2/h5,7-8,17-18,20,26-28H,3-4,6,9-14H2,1-2H3/t17-,18-,20-/m0/s1. The molecule has 0 spiro atoms. The highest BCUT2D eigenvalue weighted by atomic mass is 16.5. The average Bonchev–Trinajstić information content (AvgIpc) is 2.75. The number of methoxy groups -OCH3 is 1. The molecule has 0 radical (unpaired) electrons. The molecule has 1 aromatic heterocycles. The Morgan fingerprint density at radius 2 is 1.87 bits per heavy atom. The van der Waals surface area contributed by atoms with Crippen LogP contribution in [0.1, 0.15) is 36.7 Å². The number of carbonyl (C=O) groups is 2. The molecule has 0 unspecified atom stereocenters. The zero-order valence-electron chi connectivity index (χ0n) is 18.1. The van der Waals surface area contributed by atoms with E-state index in [2.05, 4.69) is 4.98 Å². The summed E-state index contributed by atoms with van der Waals surface area (Å²) in [6.07, 6.45) is 0.105. The predicted molar refractivity (Wildman–Crippen MR) is 112 cm³/mol. The fourth-order valence-electron chi connectivity index (χ4n) is 3.45. The number of amides is 2. The van der Waals surface area contributed by atoms with Crippen LogP contribution in [-0.4, -0.2) is 107 Å². The van der Waals surface area contributed by atoms with Gasteiger partial charge in [0.05, 0.1) is 6.61 Å². The molecule has 2 heterocycles. The first kappa shape index (κ1) is 25.0. The smallest absolute Gasteiger partial charge is 0.276 e. The van der Waals surface area contributed by atoms with Crippen LogP contribution >= 0.6 is 0 Å². The van der Waals surface area contributed by atoms with E-state index in [1.807, 2.05) is 0 Å². The van der Waals surface area contributed by atoms with Crippen molar-refractivity contribution in [3.63, 3.8) is 0 Å². The molecule has 0 saturated carbocycles. The lowest BCUT2D eigenvalue weighted by atomic mass is 10.1. The number of carbonyl (C=O) groups excluding carboxylic acids is 2. The minimum Gasteiger partial charge on any atom is -0.505 e. The Hall–Kier alpha value is -2.27. The highest BCUT2D eigenvalue weighted by Gasteiger charge is 2.29. The molecule has 2 rings (SSSR count). The Bertz CT molecular complexity index is 718. The number of hydrogen-bond acceptors (Lipinski definition) is 8. The van der Waals surface area contributed by atoms with Gasteiger partial charge in [-0.05, 0) is 31.4 Å². The summed E-state index contributed by atoms with van der Waals surface area (Å²) in [7, 11) is 1.41. The van der Waals surface area contributed by atoms with E-state index in [4.69, 9.17) is 9.47 Å². The molecule has 174 valence electrons. The number of aromatic nitrogens is 1. The van der Waals surface area contributed by atoms with Crippen molar-refractivity contribution < 1.29 is 34.4 Å². The van der Waals surface area contributed by atoms with E-state index in [1.165, 1.54) is 31.2 Å². The van der Waals surface area contributed by atoms with Gasteiger partial charge in [0.1, 0.15) is 24.1 Å². The Balaban J connectivity index is 2.15. The van der Waals surface area contributed by atoms with Crippen LogP contribution < -0.4 is 0 Å². The minimum atomic E-state index is -1.21. The van der Waals surface area contributed by atoms with Crippen molar-refractivity contribution in [3.05, 3.63) is 24.0 Å². The van der Waals surface area contributed by atoms with Gasteiger partial charge in [-0.15, -0.1) is 0 Å². The molecule has 3 atom stereocenters. The van der Waals surface area contributed by atoms with Crippen molar-refractivity contribution in [1.29, 1.82) is 0 Å². The third-order valence-corrected chi connectivity index (χ3v) is 5.31. The highest BCUT2D eigenvalue weighted by Crippen LogP contribution is 2.16. The normalized spacial score (nSPS) is 24.8. The van der Waals surface area contributed by atoms with E-state index in [0.29, 0.717) is 45.5 Å². The van der Waals surface area contributed by atoms with Crippen LogP contribution in [0.2, 0.25) is 0 Å². The quantitative estimate of drug-likeness (QED) is 0.587. The lowest BCUT2D eigenvalue weighted by molar-refractivity contribution is -0.136. The van der Waals surface area contributed by atoms with Gasteiger partial charge in [0.25, 0.3) is 5.91 Å². The molecule has 0 aromatic carbocycles. The number of aliphatic hydroxyl groups excluding tert-OH is 2. The second-order valence-electron chi connectivity index (χ2n) is 7.60. The van der Waals surface area contributed by atoms with Gasteiger partial charge in [0.2, 0.25) is 5.91 Å². The number of hydrogen-bond donors (Lipinski definition) is 3. The lowest BCUT2D eigenvalue weighted by Gasteiger charge is -2.31. The van der Waals surface area contributed by atoms with Crippen LogP contribution in [0.15, 0.2) is 18.3 Å². The number of ether oxygens (including phenoxy) is 2. The van der Waals surface area contributed by atoms with Gasteiger partial charge in [-0.25, -0.2) is 4.98 Å². The van der Waals surface area contributed by atoms with Gasteiger partial charge in [0, 0.05) is 53.0 Å². The Morgan fingerprint density at radius 3 is 2.55 bits per heavy atom. The fraction of sp³-hybridized carbons (Fsp3) is 0.667. The number of nitrogens with zero attached hydrogens (tertiary/aromatic N) is 3. The zero-order chi connectivity index (χ0) is 22.8. The maximum Gasteiger partial charge on any atom is 0.276 e. The molecule has 1 aliphatic heterocycles. The van der Waals surface area contributed by atoms with Gasteiger partial charge in [-0.1, -0.05) is 0 Å². The van der Waals surface area contributed by atoms with Crippen LogP contribution in [0.3, 0.4) is 0 Å². The highest BCUT2D eigenvalue weighted by molar-refractivity contribution is 5.94. The maximum absolute atomic E-state index is 12.9. The molecule has 1 aliphatic rings. The van der Waals surface area contributed by atoms with E-state index in [9.17, 15) is 24.9 Å². The van der Waals surface area contributed by atoms with E-state index < -0.39 is 18.3 Å². The van der Waals surface area contributed by atoms with Crippen molar-refractivity contribution in [2.24, 2.45) is 0 Å². The molecule has 2 amide bonds. The van der Waals surface area contributed by atoms with Crippen LogP contribution in [0.25, 0.3) is 0 Å². The molecule has 10 nitrogen and oxygen atoms in total. The molecule has 10 heteroatoms. The molecule has 0 aliphatic carbocycles. The van der Waals surface area contributed by atoms with E-state index in [1.54, 1.807) is 11.0 Å². The third kappa shape index (κ3) is 7.42. The van der Waals surface area contributed by atoms with Gasteiger partial charge >= 0.3 is 0 Å². The van der Waals surface area contributed by atoms with E-state index in [-0.39, 0.29) is 36.4 Å². The average molecular weight is 440 g/mol. The first-order chi connectivity index (χ1) is 14.8. The molecule has 1 saturated heterocycles. The Morgan fingerprint density at radius 1 is 1.16 bits per heavy atom. The zero-order valence-corrected chi connectivity index (χ0v) is 18.1. The molecule has 31 heavy (non-hydrogen) atoms. The van der Waals surface area contributed by atoms with Crippen molar-refractivity contribution >= 4 is 11.8 Å². The summed E-state index contributed by atoms with van der Waals surface area (Å²) < 4.78 is 10.8. The van der Waals surface area contributed by atoms with Crippen LogP contribution in [0, 0.1) is 0 Å². The van der Waals surface area contributed by atoms with Gasteiger partial charge in [0.15, 0.2) is 5.69 Å². The first-order valence-corrected chi connectivity index (χ1v) is 10.5. The second-order valence-corrected chi connectivity index (χ2v) is 7.60. The number of aromatic hydroxyl groups is 1. The van der Waals surface area contributed by atoms with Crippen molar-refractivity contribution in [3.8, 4) is 5.75 Å². The molecular weight excluding hydrogens is 406 g/mol. The summed E-state index contributed by atoms with van der Waals surface area (Å²) in [6, 6.07) is 2.97. The SMILES string of the molecule is CO[C@H]1CN(C(C)=O)CCCN(C(=O)c2ncccc2O)CCCCOC[C@H](O)[C@@H]1O.